The smallest absolute Gasteiger partial charge is 0.223 e. The van der Waals surface area contributed by atoms with Gasteiger partial charge in [0.05, 0.1) is 0 Å². The molecule has 3 heteroatoms. The van der Waals surface area contributed by atoms with Crippen LogP contribution in [0, 0.1) is 19.8 Å². The van der Waals surface area contributed by atoms with Gasteiger partial charge in [-0.05, 0) is 36.6 Å². The monoisotopic (exact) mass is 249 g/mol. The molecule has 1 heterocycles. The second-order valence-corrected chi connectivity index (χ2v) is 5.32. The Balaban J connectivity index is 2.11. The first kappa shape index (κ1) is 12.5. The molecular weight excluding hydrogens is 230 g/mol. The Morgan fingerprint density at radius 2 is 2.18 bits per heavy atom. The van der Waals surface area contributed by atoms with Crippen molar-refractivity contribution >= 4 is 18.5 Å². The third-order valence-corrected chi connectivity index (χ3v) is 3.94. The van der Waals surface area contributed by atoms with E-state index in [1.807, 2.05) is 4.90 Å². The Morgan fingerprint density at radius 1 is 1.41 bits per heavy atom. The molecule has 92 valence electrons. The van der Waals surface area contributed by atoms with Crippen molar-refractivity contribution in [1.29, 1.82) is 0 Å². The summed E-state index contributed by atoms with van der Waals surface area (Å²) < 4.78 is 0. The number of carbonyl (C=O) groups excluding carboxylic acids is 1. The molecule has 0 aromatic heterocycles. The van der Waals surface area contributed by atoms with Crippen LogP contribution >= 0.6 is 12.6 Å². The van der Waals surface area contributed by atoms with Crippen molar-refractivity contribution in [2.24, 2.45) is 5.92 Å². The lowest BCUT2D eigenvalue weighted by molar-refractivity contribution is -0.128. The minimum absolute atomic E-state index is 0.268. The van der Waals surface area contributed by atoms with Crippen LogP contribution in [-0.2, 0) is 11.3 Å². The Labute approximate surface area is 108 Å². The van der Waals surface area contributed by atoms with E-state index in [9.17, 15) is 4.79 Å². The van der Waals surface area contributed by atoms with Gasteiger partial charge in [0.2, 0.25) is 5.91 Å². The molecule has 1 aromatic rings. The number of benzene rings is 1. The number of aryl methyl sites for hydroxylation is 2. The van der Waals surface area contributed by atoms with Gasteiger partial charge in [0.15, 0.2) is 0 Å². The van der Waals surface area contributed by atoms with Gasteiger partial charge in [-0.1, -0.05) is 23.8 Å². The van der Waals surface area contributed by atoms with Crippen LogP contribution in [0.5, 0.6) is 0 Å². The summed E-state index contributed by atoms with van der Waals surface area (Å²) in [4.78, 5) is 13.8. The molecule has 1 saturated heterocycles. The summed E-state index contributed by atoms with van der Waals surface area (Å²) in [5, 5.41) is 0. The van der Waals surface area contributed by atoms with E-state index in [-0.39, 0.29) is 5.91 Å². The average Bonchev–Trinajstić information content (AvgIpc) is 2.65. The predicted octanol–water partition coefficient (Wildman–Crippen LogP) is 2.58. The van der Waals surface area contributed by atoms with Crippen LogP contribution in [0.4, 0.5) is 0 Å². The van der Waals surface area contributed by atoms with Crippen molar-refractivity contribution in [3.8, 4) is 0 Å². The number of likely N-dealkylation sites (tertiary alicyclic amines) is 1. The molecule has 0 N–H and O–H groups in total. The third-order valence-electron chi connectivity index (χ3n) is 3.42. The van der Waals surface area contributed by atoms with E-state index in [2.05, 4.69) is 44.7 Å². The van der Waals surface area contributed by atoms with Crippen LogP contribution < -0.4 is 0 Å². The first-order chi connectivity index (χ1) is 8.10. The van der Waals surface area contributed by atoms with Gasteiger partial charge in [-0.2, -0.15) is 12.6 Å². The van der Waals surface area contributed by atoms with Gasteiger partial charge >= 0.3 is 0 Å². The third kappa shape index (κ3) is 2.83. The predicted molar refractivity (Wildman–Crippen MR) is 73.3 cm³/mol. The minimum atomic E-state index is 0.268. The van der Waals surface area contributed by atoms with E-state index >= 15 is 0 Å². The molecule has 0 spiro atoms. The Morgan fingerprint density at radius 3 is 2.82 bits per heavy atom. The molecule has 1 aliphatic rings. The zero-order chi connectivity index (χ0) is 12.4. The van der Waals surface area contributed by atoms with Crippen molar-refractivity contribution in [2.75, 3.05) is 12.3 Å². The molecule has 2 nitrogen and oxygen atoms in total. The molecule has 0 bridgehead atoms. The van der Waals surface area contributed by atoms with E-state index in [0.29, 0.717) is 12.3 Å². The summed E-state index contributed by atoms with van der Waals surface area (Å²) in [6.07, 6.45) is 0.661. The highest BCUT2D eigenvalue weighted by Crippen LogP contribution is 2.22. The highest BCUT2D eigenvalue weighted by Gasteiger charge is 2.28. The van der Waals surface area contributed by atoms with Gasteiger partial charge in [-0.3, -0.25) is 4.79 Å². The average molecular weight is 249 g/mol. The maximum absolute atomic E-state index is 11.8. The maximum Gasteiger partial charge on any atom is 0.223 e. The van der Waals surface area contributed by atoms with Crippen LogP contribution in [0.1, 0.15) is 23.1 Å². The van der Waals surface area contributed by atoms with Gasteiger partial charge in [0.1, 0.15) is 0 Å². The SMILES string of the molecule is Cc1ccc(C)c(CN2CC(CS)CC2=O)c1. The summed E-state index contributed by atoms with van der Waals surface area (Å²) in [5.41, 5.74) is 3.78. The van der Waals surface area contributed by atoms with Crippen molar-refractivity contribution in [3.05, 3.63) is 34.9 Å². The van der Waals surface area contributed by atoms with Crippen molar-refractivity contribution < 1.29 is 4.79 Å². The Bertz CT molecular complexity index is 430. The van der Waals surface area contributed by atoms with E-state index in [1.54, 1.807) is 0 Å². The molecule has 1 atom stereocenters. The topological polar surface area (TPSA) is 20.3 Å². The van der Waals surface area contributed by atoms with Crippen LogP contribution in [0.15, 0.2) is 18.2 Å². The molecule has 17 heavy (non-hydrogen) atoms. The summed E-state index contributed by atoms with van der Waals surface area (Å²) in [6, 6.07) is 6.42. The quantitative estimate of drug-likeness (QED) is 0.816. The summed E-state index contributed by atoms with van der Waals surface area (Å²) in [6.45, 7) is 5.79. The molecule has 0 saturated carbocycles. The number of amides is 1. The molecule has 1 aliphatic heterocycles. The number of hydrogen-bond acceptors (Lipinski definition) is 2. The first-order valence-corrected chi connectivity index (χ1v) is 6.68. The van der Waals surface area contributed by atoms with Crippen LogP contribution in [0.2, 0.25) is 0 Å². The number of thiol groups is 1. The lowest BCUT2D eigenvalue weighted by atomic mass is 10.1. The van der Waals surface area contributed by atoms with Crippen molar-refractivity contribution in [2.45, 2.75) is 26.8 Å². The fourth-order valence-corrected chi connectivity index (χ4v) is 2.55. The van der Waals surface area contributed by atoms with E-state index in [0.717, 1.165) is 18.8 Å². The number of hydrogen-bond donors (Lipinski definition) is 1. The van der Waals surface area contributed by atoms with E-state index in [1.165, 1.54) is 16.7 Å². The van der Waals surface area contributed by atoms with Gasteiger partial charge in [-0.15, -0.1) is 0 Å². The fourth-order valence-electron chi connectivity index (χ4n) is 2.31. The van der Waals surface area contributed by atoms with Gasteiger partial charge in [0.25, 0.3) is 0 Å². The lowest BCUT2D eigenvalue weighted by Crippen LogP contribution is -2.25. The summed E-state index contributed by atoms with van der Waals surface area (Å²) >= 11 is 4.28. The van der Waals surface area contributed by atoms with Crippen LogP contribution in [0.3, 0.4) is 0 Å². The number of rotatable bonds is 3. The molecule has 0 radical (unpaired) electrons. The van der Waals surface area contributed by atoms with Crippen molar-refractivity contribution in [3.63, 3.8) is 0 Å². The first-order valence-electron chi connectivity index (χ1n) is 6.05. The molecule has 1 aromatic carbocycles. The molecule has 1 amide bonds. The molecule has 2 rings (SSSR count). The van der Waals surface area contributed by atoms with E-state index < -0.39 is 0 Å². The highest BCUT2D eigenvalue weighted by molar-refractivity contribution is 7.80. The second-order valence-electron chi connectivity index (χ2n) is 4.96. The normalized spacial score (nSPS) is 20.1. The summed E-state index contributed by atoms with van der Waals surface area (Å²) in [7, 11) is 0. The number of nitrogens with zero attached hydrogens (tertiary/aromatic N) is 1. The number of carbonyl (C=O) groups is 1. The largest absolute Gasteiger partial charge is 0.338 e. The summed E-state index contributed by atoms with van der Waals surface area (Å²) in [5.74, 6) is 1.50. The lowest BCUT2D eigenvalue weighted by Gasteiger charge is -2.18. The van der Waals surface area contributed by atoms with Gasteiger partial charge in [0, 0.05) is 19.5 Å². The zero-order valence-corrected chi connectivity index (χ0v) is 11.3. The highest BCUT2D eigenvalue weighted by atomic mass is 32.1. The fraction of sp³-hybridized carbons (Fsp3) is 0.500. The maximum atomic E-state index is 11.8. The van der Waals surface area contributed by atoms with Gasteiger partial charge < -0.3 is 4.90 Å². The minimum Gasteiger partial charge on any atom is -0.338 e. The molecule has 0 aliphatic carbocycles. The van der Waals surface area contributed by atoms with Crippen LogP contribution in [0.25, 0.3) is 0 Å². The molecular formula is C14H19NOS. The molecule has 1 fully saturated rings. The standard InChI is InChI=1S/C14H19NOS/c1-10-3-4-11(2)13(5-10)8-15-7-12(9-17)6-14(15)16/h3-5,12,17H,6-9H2,1-2H3. The van der Waals surface area contributed by atoms with Gasteiger partial charge in [-0.25, -0.2) is 0 Å². The van der Waals surface area contributed by atoms with Crippen LogP contribution in [-0.4, -0.2) is 23.1 Å². The zero-order valence-electron chi connectivity index (χ0n) is 10.4. The Hall–Kier alpha value is -0.960. The second kappa shape index (κ2) is 5.13. The Kier molecular flexibility index (Phi) is 3.77. The molecule has 1 unspecified atom stereocenters. The van der Waals surface area contributed by atoms with Crippen molar-refractivity contribution in [1.82, 2.24) is 4.90 Å². The van der Waals surface area contributed by atoms with E-state index in [4.69, 9.17) is 0 Å².